The molecule has 1 aromatic carbocycles. The molecule has 112 valence electrons. The maximum absolute atomic E-state index is 6.36. The van der Waals surface area contributed by atoms with Crippen molar-refractivity contribution in [1.29, 1.82) is 0 Å². The number of hydrogen-bond donors (Lipinski definition) is 1. The molecule has 1 saturated carbocycles. The van der Waals surface area contributed by atoms with Crippen LogP contribution >= 0.6 is 15.9 Å². The first-order chi connectivity index (χ1) is 9.39. The summed E-state index contributed by atoms with van der Waals surface area (Å²) in [7, 11) is 0. The number of nitrogens with two attached hydrogens (primary N) is 1. The van der Waals surface area contributed by atoms with Gasteiger partial charge in [-0.2, -0.15) is 0 Å². The fourth-order valence-corrected chi connectivity index (χ4v) is 3.41. The molecule has 2 rings (SSSR count). The minimum absolute atomic E-state index is 0.0105. The van der Waals surface area contributed by atoms with Crippen molar-refractivity contribution in [3.63, 3.8) is 0 Å². The van der Waals surface area contributed by atoms with E-state index in [1.807, 2.05) is 19.1 Å². The molecule has 0 radical (unpaired) electrons. The third-order valence-electron chi connectivity index (χ3n) is 4.31. The second kappa shape index (κ2) is 6.59. The van der Waals surface area contributed by atoms with Crippen LogP contribution in [0.2, 0.25) is 0 Å². The third-order valence-corrected chi connectivity index (χ3v) is 5.04. The van der Waals surface area contributed by atoms with Gasteiger partial charge in [0.2, 0.25) is 0 Å². The summed E-state index contributed by atoms with van der Waals surface area (Å²) in [5, 5.41) is 0. The monoisotopic (exact) mass is 339 g/mol. The zero-order chi connectivity index (χ0) is 14.8. The molecule has 2 atom stereocenters. The van der Waals surface area contributed by atoms with Crippen LogP contribution in [0, 0.1) is 5.41 Å². The zero-order valence-electron chi connectivity index (χ0n) is 12.7. The average Bonchev–Trinajstić information content (AvgIpc) is 2.38. The SMILES string of the molecule is CC(N)C(OC1CCC(C)(C)CC1)c1ccccc1Br. The van der Waals surface area contributed by atoms with E-state index in [9.17, 15) is 0 Å². The largest absolute Gasteiger partial charge is 0.369 e. The molecule has 1 aliphatic carbocycles. The lowest BCUT2D eigenvalue weighted by molar-refractivity contribution is -0.0551. The molecule has 1 fully saturated rings. The summed E-state index contributed by atoms with van der Waals surface area (Å²) in [4.78, 5) is 0. The van der Waals surface area contributed by atoms with Gasteiger partial charge in [0.1, 0.15) is 0 Å². The van der Waals surface area contributed by atoms with Crippen LogP contribution in [0.4, 0.5) is 0 Å². The van der Waals surface area contributed by atoms with E-state index in [4.69, 9.17) is 10.5 Å². The van der Waals surface area contributed by atoms with Gasteiger partial charge in [-0.15, -0.1) is 0 Å². The van der Waals surface area contributed by atoms with E-state index in [-0.39, 0.29) is 12.1 Å². The van der Waals surface area contributed by atoms with E-state index in [0.717, 1.165) is 22.9 Å². The Labute approximate surface area is 131 Å². The first-order valence-electron chi connectivity index (χ1n) is 7.54. The van der Waals surface area contributed by atoms with Crippen LogP contribution in [-0.2, 0) is 4.74 Å². The van der Waals surface area contributed by atoms with E-state index in [2.05, 4.69) is 41.9 Å². The zero-order valence-corrected chi connectivity index (χ0v) is 14.3. The van der Waals surface area contributed by atoms with Crippen LogP contribution < -0.4 is 5.73 Å². The van der Waals surface area contributed by atoms with Gasteiger partial charge < -0.3 is 10.5 Å². The van der Waals surface area contributed by atoms with Crippen molar-refractivity contribution in [2.45, 2.75) is 64.7 Å². The Morgan fingerprint density at radius 1 is 1.25 bits per heavy atom. The van der Waals surface area contributed by atoms with E-state index in [1.54, 1.807) is 0 Å². The van der Waals surface area contributed by atoms with Gasteiger partial charge in [-0.25, -0.2) is 0 Å². The number of ether oxygens (including phenoxy) is 1. The summed E-state index contributed by atoms with van der Waals surface area (Å²) in [5.41, 5.74) is 7.79. The van der Waals surface area contributed by atoms with Gasteiger partial charge in [-0.1, -0.05) is 48.0 Å². The molecule has 0 amide bonds. The average molecular weight is 340 g/mol. The number of rotatable bonds is 4. The predicted molar refractivity (Wildman–Crippen MR) is 87.7 cm³/mol. The summed E-state index contributed by atoms with van der Waals surface area (Å²) in [6.07, 6.45) is 5.06. The Bertz CT molecular complexity index is 434. The molecule has 2 nitrogen and oxygen atoms in total. The Balaban J connectivity index is 2.06. The van der Waals surface area contributed by atoms with Crippen LogP contribution in [0.5, 0.6) is 0 Å². The second-order valence-corrected chi connectivity index (χ2v) is 7.66. The van der Waals surface area contributed by atoms with Crippen LogP contribution in [0.1, 0.15) is 58.1 Å². The summed E-state index contributed by atoms with van der Waals surface area (Å²) in [6.45, 7) is 6.72. The van der Waals surface area contributed by atoms with Crippen molar-refractivity contribution in [2.24, 2.45) is 11.1 Å². The van der Waals surface area contributed by atoms with Gasteiger partial charge in [0.15, 0.2) is 0 Å². The quantitative estimate of drug-likeness (QED) is 0.853. The summed E-state index contributed by atoms with van der Waals surface area (Å²) >= 11 is 3.61. The third kappa shape index (κ3) is 4.06. The molecule has 1 aromatic rings. The molecule has 2 N–H and O–H groups in total. The van der Waals surface area contributed by atoms with E-state index in [0.29, 0.717) is 11.5 Å². The Kier molecular flexibility index (Phi) is 5.27. The van der Waals surface area contributed by atoms with Crippen molar-refractivity contribution >= 4 is 15.9 Å². The Morgan fingerprint density at radius 2 is 1.85 bits per heavy atom. The molecule has 20 heavy (non-hydrogen) atoms. The number of hydrogen-bond acceptors (Lipinski definition) is 2. The Hall–Kier alpha value is -0.380. The highest BCUT2D eigenvalue weighted by molar-refractivity contribution is 9.10. The number of benzene rings is 1. The molecule has 0 saturated heterocycles. The molecule has 0 spiro atoms. The van der Waals surface area contributed by atoms with Gasteiger partial charge in [-0.05, 0) is 49.7 Å². The van der Waals surface area contributed by atoms with Crippen molar-refractivity contribution in [2.75, 3.05) is 0 Å². The molecule has 2 unspecified atom stereocenters. The fourth-order valence-electron chi connectivity index (χ4n) is 2.90. The minimum Gasteiger partial charge on any atom is -0.369 e. The van der Waals surface area contributed by atoms with Crippen LogP contribution in [0.25, 0.3) is 0 Å². The molecule has 0 aromatic heterocycles. The van der Waals surface area contributed by atoms with Gasteiger partial charge >= 0.3 is 0 Å². The molecule has 0 aliphatic heterocycles. The maximum atomic E-state index is 6.36. The summed E-state index contributed by atoms with van der Waals surface area (Å²) in [6, 6.07) is 8.21. The van der Waals surface area contributed by atoms with Gasteiger partial charge in [-0.3, -0.25) is 0 Å². The molecular weight excluding hydrogens is 314 g/mol. The van der Waals surface area contributed by atoms with Gasteiger partial charge in [0.05, 0.1) is 12.2 Å². The molecule has 0 bridgehead atoms. The van der Waals surface area contributed by atoms with E-state index in [1.165, 1.54) is 12.8 Å². The van der Waals surface area contributed by atoms with E-state index < -0.39 is 0 Å². The molecule has 0 heterocycles. The van der Waals surface area contributed by atoms with Gasteiger partial charge in [0.25, 0.3) is 0 Å². The topological polar surface area (TPSA) is 35.2 Å². The highest BCUT2D eigenvalue weighted by atomic mass is 79.9. The predicted octanol–water partition coefficient (Wildman–Crippen LogP) is 4.82. The summed E-state index contributed by atoms with van der Waals surface area (Å²) in [5.74, 6) is 0. The number of halogens is 1. The fraction of sp³-hybridized carbons (Fsp3) is 0.647. The highest BCUT2D eigenvalue weighted by Crippen LogP contribution is 2.39. The van der Waals surface area contributed by atoms with E-state index >= 15 is 0 Å². The lowest BCUT2D eigenvalue weighted by Gasteiger charge is -2.37. The highest BCUT2D eigenvalue weighted by Gasteiger charge is 2.30. The smallest absolute Gasteiger partial charge is 0.0987 e. The van der Waals surface area contributed by atoms with Crippen molar-refractivity contribution in [3.05, 3.63) is 34.3 Å². The maximum Gasteiger partial charge on any atom is 0.0987 e. The van der Waals surface area contributed by atoms with Crippen LogP contribution in [0.3, 0.4) is 0 Å². The normalized spacial score (nSPS) is 22.4. The van der Waals surface area contributed by atoms with Crippen LogP contribution in [0.15, 0.2) is 28.7 Å². The first kappa shape index (κ1) is 16.0. The molecular formula is C17H26BrNO. The Morgan fingerprint density at radius 3 is 2.40 bits per heavy atom. The lowest BCUT2D eigenvalue weighted by Crippen LogP contribution is -2.33. The minimum atomic E-state index is -0.0308. The molecule has 3 heteroatoms. The second-order valence-electron chi connectivity index (χ2n) is 6.80. The van der Waals surface area contributed by atoms with Gasteiger partial charge in [0, 0.05) is 10.5 Å². The van der Waals surface area contributed by atoms with Crippen molar-refractivity contribution < 1.29 is 4.74 Å². The molecule has 1 aliphatic rings. The standard InChI is InChI=1S/C17H26BrNO/c1-12(19)16(14-6-4-5-7-15(14)18)20-13-8-10-17(2,3)11-9-13/h4-7,12-13,16H,8-11,19H2,1-3H3. The lowest BCUT2D eigenvalue weighted by atomic mass is 9.76. The first-order valence-corrected chi connectivity index (χ1v) is 8.34. The summed E-state index contributed by atoms with van der Waals surface area (Å²) < 4.78 is 7.44. The van der Waals surface area contributed by atoms with Crippen molar-refractivity contribution in [3.8, 4) is 0 Å². The van der Waals surface area contributed by atoms with Crippen LogP contribution in [-0.4, -0.2) is 12.1 Å². The van der Waals surface area contributed by atoms with Crippen molar-refractivity contribution in [1.82, 2.24) is 0 Å².